The summed E-state index contributed by atoms with van der Waals surface area (Å²) in [5.41, 5.74) is 1.57. The zero-order valence-electron chi connectivity index (χ0n) is 13.9. The fraction of sp³-hybridized carbons (Fsp3) is 0.125. The molecule has 0 aliphatic heterocycles. The van der Waals surface area contributed by atoms with Crippen molar-refractivity contribution in [3.8, 4) is 0 Å². The first-order chi connectivity index (χ1) is 12.2. The Hall–Kier alpha value is -3.27. The Morgan fingerprint density at radius 1 is 1.04 bits per heavy atom. The van der Waals surface area contributed by atoms with Crippen molar-refractivity contribution in [3.05, 3.63) is 53.9 Å². The van der Waals surface area contributed by atoms with Crippen LogP contribution in [0.1, 0.15) is 11.4 Å². The molecule has 10 heteroatoms. The number of nitrogens with zero attached hydrogens (tertiary/aromatic N) is 2. The lowest BCUT2D eigenvalue weighted by Gasteiger charge is -2.09. The molecule has 1 heterocycles. The van der Waals surface area contributed by atoms with Crippen LogP contribution in [-0.4, -0.2) is 35.4 Å². The number of carbonyl (C=O) groups is 2. The van der Waals surface area contributed by atoms with Crippen molar-refractivity contribution in [1.29, 1.82) is 0 Å². The van der Waals surface area contributed by atoms with Gasteiger partial charge in [-0.15, -0.1) is 0 Å². The van der Waals surface area contributed by atoms with E-state index in [-0.39, 0.29) is 10.8 Å². The highest BCUT2D eigenvalue weighted by Crippen LogP contribution is 2.17. The first-order valence-electron chi connectivity index (χ1n) is 7.33. The van der Waals surface area contributed by atoms with E-state index in [2.05, 4.69) is 20.0 Å². The van der Waals surface area contributed by atoms with E-state index in [1.807, 2.05) is 0 Å². The second-order valence-electron chi connectivity index (χ2n) is 5.27. The van der Waals surface area contributed by atoms with Crippen molar-refractivity contribution in [2.24, 2.45) is 0 Å². The molecule has 136 valence electrons. The maximum Gasteiger partial charge on any atom is 0.328 e. The number of aromatic nitrogens is 2. The van der Waals surface area contributed by atoms with Gasteiger partial charge in [0, 0.05) is 29.2 Å². The number of carbonyl (C=O) groups excluding carboxylic acids is 1. The van der Waals surface area contributed by atoms with E-state index in [4.69, 9.17) is 5.11 Å². The SMILES string of the molecule is Cc1cc(C)nc(NS(=O)(=O)c2ccc(NC(=O)/C=C/C(=O)O)cc2)n1. The molecule has 1 amide bonds. The van der Waals surface area contributed by atoms with Crippen molar-refractivity contribution >= 4 is 33.5 Å². The van der Waals surface area contributed by atoms with E-state index < -0.39 is 21.9 Å². The average Bonchev–Trinajstić information content (AvgIpc) is 2.52. The number of hydrogen-bond donors (Lipinski definition) is 3. The Labute approximate surface area is 149 Å². The van der Waals surface area contributed by atoms with E-state index in [0.29, 0.717) is 23.2 Å². The van der Waals surface area contributed by atoms with E-state index >= 15 is 0 Å². The molecule has 2 aromatic rings. The van der Waals surface area contributed by atoms with Crippen molar-refractivity contribution in [2.45, 2.75) is 18.7 Å². The number of sulfonamides is 1. The van der Waals surface area contributed by atoms with E-state index in [1.54, 1.807) is 19.9 Å². The predicted octanol–water partition coefficient (Wildman–Crippen LogP) is 1.47. The molecule has 0 saturated heterocycles. The van der Waals surface area contributed by atoms with Crippen LogP contribution in [0.3, 0.4) is 0 Å². The maximum absolute atomic E-state index is 12.4. The summed E-state index contributed by atoms with van der Waals surface area (Å²) in [4.78, 5) is 29.9. The van der Waals surface area contributed by atoms with Crippen LogP contribution in [0.4, 0.5) is 11.6 Å². The highest BCUT2D eigenvalue weighted by atomic mass is 32.2. The zero-order valence-corrected chi connectivity index (χ0v) is 14.7. The molecule has 3 N–H and O–H groups in total. The summed E-state index contributed by atoms with van der Waals surface area (Å²) in [7, 11) is -3.89. The van der Waals surface area contributed by atoms with Crippen molar-refractivity contribution in [3.63, 3.8) is 0 Å². The Morgan fingerprint density at radius 3 is 2.15 bits per heavy atom. The van der Waals surface area contributed by atoms with Gasteiger partial charge in [-0.1, -0.05) is 0 Å². The number of nitrogens with one attached hydrogen (secondary N) is 2. The van der Waals surface area contributed by atoms with Gasteiger partial charge in [0.05, 0.1) is 4.90 Å². The molecule has 0 bridgehead atoms. The summed E-state index contributed by atoms with van der Waals surface area (Å²) in [6, 6.07) is 7.06. The topological polar surface area (TPSA) is 138 Å². The number of benzene rings is 1. The number of hydrogen-bond acceptors (Lipinski definition) is 6. The van der Waals surface area contributed by atoms with E-state index in [0.717, 1.165) is 6.08 Å². The third kappa shape index (κ3) is 5.38. The monoisotopic (exact) mass is 376 g/mol. The minimum atomic E-state index is -3.89. The third-order valence-electron chi connectivity index (χ3n) is 3.02. The average molecular weight is 376 g/mol. The Morgan fingerprint density at radius 2 is 1.62 bits per heavy atom. The molecule has 1 aromatic heterocycles. The first kappa shape index (κ1) is 19.1. The van der Waals surface area contributed by atoms with Gasteiger partial charge >= 0.3 is 5.97 Å². The normalized spacial score (nSPS) is 11.3. The Bertz CT molecular complexity index is 948. The van der Waals surface area contributed by atoms with Gasteiger partial charge < -0.3 is 10.4 Å². The molecule has 1 aromatic carbocycles. The highest BCUT2D eigenvalue weighted by molar-refractivity contribution is 7.92. The Balaban J connectivity index is 2.13. The summed E-state index contributed by atoms with van der Waals surface area (Å²) in [5.74, 6) is -1.93. The van der Waals surface area contributed by atoms with E-state index in [9.17, 15) is 18.0 Å². The zero-order chi connectivity index (χ0) is 19.3. The van der Waals surface area contributed by atoms with Crippen molar-refractivity contribution in [2.75, 3.05) is 10.0 Å². The van der Waals surface area contributed by atoms with Gasteiger partial charge in [-0.2, -0.15) is 0 Å². The van der Waals surface area contributed by atoms with Gasteiger partial charge in [0.15, 0.2) is 0 Å². The fourth-order valence-electron chi connectivity index (χ4n) is 2.00. The summed E-state index contributed by atoms with van der Waals surface area (Å²) in [5, 5.41) is 10.9. The summed E-state index contributed by atoms with van der Waals surface area (Å²) in [6.45, 7) is 3.45. The molecule has 0 aliphatic rings. The number of aryl methyl sites for hydroxylation is 2. The van der Waals surface area contributed by atoms with Crippen LogP contribution < -0.4 is 10.0 Å². The molecule has 9 nitrogen and oxygen atoms in total. The lowest BCUT2D eigenvalue weighted by Crippen LogP contribution is -2.16. The molecule has 26 heavy (non-hydrogen) atoms. The molecular weight excluding hydrogens is 360 g/mol. The Kier molecular flexibility index (Phi) is 5.68. The van der Waals surface area contributed by atoms with Gasteiger partial charge in [0.2, 0.25) is 11.9 Å². The molecular formula is C16H16N4O5S. The first-order valence-corrected chi connectivity index (χ1v) is 8.81. The predicted molar refractivity (Wildman–Crippen MR) is 94.2 cm³/mol. The smallest absolute Gasteiger partial charge is 0.328 e. The number of carboxylic acids is 1. The number of rotatable bonds is 6. The lowest BCUT2D eigenvalue weighted by atomic mass is 10.3. The molecule has 0 fully saturated rings. The van der Waals surface area contributed by atoms with Gasteiger partial charge in [-0.05, 0) is 44.2 Å². The maximum atomic E-state index is 12.4. The lowest BCUT2D eigenvalue weighted by molar-refractivity contribution is -0.131. The molecule has 0 aliphatic carbocycles. The molecule has 0 atom stereocenters. The summed E-state index contributed by atoms with van der Waals surface area (Å²) in [6.07, 6.45) is 1.55. The van der Waals surface area contributed by atoms with Gasteiger partial charge in [0.1, 0.15) is 0 Å². The molecule has 0 radical (unpaired) electrons. The van der Waals surface area contributed by atoms with Crippen molar-refractivity contribution in [1.82, 2.24) is 9.97 Å². The second kappa shape index (κ2) is 7.74. The minimum absolute atomic E-state index is 0.0290. The van der Waals surface area contributed by atoms with Crippen LogP contribution in [-0.2, 0) is 19.6 Å². The third-order valence-corrected chi connectivity index (χ3v) is 4.36. The van der Waals surface area contributed by atoms with Gasteiger partial charge in [-0.3, -0.25) is 4.79 Å². The second-order valence-corrected chi connectivity index (χ2v) is 6.95. The summed E-state index contributed by atoms with van der Waals surface area (Å²) < 4.78 is 27.1. The van der Waals surface area contributed by atoms with E-state index in [1.165, 1.54) is 24.3 Å². The van der Waals surface area contributed by atoms with Gasteiger partial charge in [-0.25, -0.2) is 27.9 Å². The van der Waals surface area contributed by atoms with Crippen LogP contribution in [0.2, 0.25) is 0 Å². The largest absolute Gasteiger partial charge is 0.478 e. The molecule has 0 saturated carbocycles. The minimum Gasteiger partial charge on any atom is -0.478 e. The van der Waals surface area contributed by atoms with Crippen LogP contribution in [0.25, 0.3) is 0 Å². The standard InChI is InChI=1S/C16H16N4O5S/c1-10-9-11(2)18-16(17-10)20-26(24,25)13-5-3-12(4-6-13)19-14(21)7-8-15(22)23/h3-9H,1-2H3,(H,19,21)(H,22,23)(H,17,18,20)/b8-7+. The molecule has 2 rings (SSSR count). The van der Waals surface area contributed by atoms with Crippen molar-refractivity contribution < 1.29 is 23.1 Å². The number of amides is 1. The van der Waals surface area contributed by atoms with Crippen LogP contribution in [0.15, 0.2) is 47.4 Å². The van der Waals surface area contributed by atoms with Crippen LogP contribution in [0.5, 0.6) is 0 Å². The molecule has 0 spiro atoms. The highest BCUT2D eigenvalue weighted by Gasteiger charge is 2.16. The number of anilines is 2. The van der Waals surface area contributed by atoms with Crippen LogP contribution >= 0.6 is 0 Å². The quantitative estimate of drug-likeness (QED) is 0.649. The van der Waals surface area contributed by atoms with Crippen LogP contribution in [0, 0.1) is 13.8 Å². The number of carboxylic acid groups (broad SMARTS) is 1. The number of aliphatic carboxylic acids is 1. The molecule has 0 unspecified atom stereocenters. The fourth-order valence-corrected chi connectivity index (χ4v) is 2.94. The summed E-state index contributed by atoms with van der Waals surface area (Å²) >= 11 is 0. The van der Waals surface area contributed by atoms with Gasteiger partial charge in [0.25, 0.3) is 10.0 Å².